The first-order chi connectivity index (χ1) is 25.6. The van der Waals surface area contributed by atoms with Crippen LogP contribution < -0.4 is 5.19 Å². The van der Waals surface area contributed by atoms with Crippen LogP contribution in [0.5, 0.6) is 0 Å². The van der Waals surface area contributed by atoms with Gasteiger partial charge in [0.25, 0.3) is 0 Å². The fraction of sp³-hybridized carbons (Fsp3) is 0.231. The number of nitrogens with zero attached hydrogens (tertiary/aromatic N) is 2. The smallest absolute Gasteiger partial charge is 0.0776 e. The molecule has 0 bridgehead atoms. The molecule has 2 nitrogen and oxygen atoms in total. The Bertz CT molecular complexity index is 2260. The molecular formula is C52H56N2Si. The molecule has 0 saturated carbocycles. The van der Waals surface area contributed by atoms with Gasteiger partial charge in [0, 0.05) is 23.5 Å². The van der Waals surface area contributed by atoms with Gasteiger partial charge in [-0.25, -0.2) is 0 Å². The van der Waals surface area contributed by atoms with E-state index < -0.39 is 8.07 Å². The molecule has 0 fully saturated rings. The summed E-state index contributed by atoms with van der Waals surface area (Å²) in [5.74, 6) is 0. The van der Waals surface area contributed by atoms with Crippen LogP contribution in [0.2, 0.25) is 19.6 Å². The van der Waals surface area contributed by atoms with Crippen LogP contribution in [0.3, 0.4) is 0 Å². The molecule has 55 heavy (non-hydrogen) atoms. The molecule has 0 radical (unpaired) electrons. The van der Waals surface area contributed by atoms with Crippen molar-refractivity contribution in [3.8, 4) is 67.0 Å². The molecular weight excluding hydrogens is 681 g/mol. The third kappa shape index (κ3) is 8.63. The lowest BCUT2D eigenvalue weighted by Gasteiger charge is -2.22. The van der Waals surface area contributed by atoms with Crippen molar-refractivity contribution in [2.75, 3.05) is 0 Å². The monoisotopic (exact) mass is 736 g/mol. The van der Waals surface area contributed by atoms with Gasteiger partial charge in [-0.2, -0.15) is 0 Å². The van der Waals surface area contributed by atoms with Gasteiger partial charge in [-0.05, 0) is 96.8 Å². The zero-order valence-corrected chi connectivity index (χ0v) is 34.3. The van der Waals surface area contributed by atoms with Gasteiger partial charge in [0.1, 0.15) is 0 Å². The summed E-state index contributed by atoms with van der Waals surface area (Å²) in [6.07, 6.45) is 3.86. The molecule has 0 unspecified atom stereocenters. The molecule has 278 valence electrons. The second-order valence-corrected chi connectivity index (χ2v) is 22.7. The maximum atomic E-state index is 4.72. The van der Waals surface area contributed by atoms with Crippen molar-refractivity contribution in [2.24, 2.45) is 0 Å². The van der Waals surface area contributed by atoms with E-state index in [-0.39, 0.29) is 18.3 Å². The Kier molecular flexibility index (Phi) is 11.0. The molecule has 0 N–H and O–H groups in total. The lowest BCUT2D eigenvalue weighted by Crippen LogP contribution is -2.37. The molecule has 0 aliphatic carbocycles. The van der Waals surface area contributed by atoms with Crippen LogP contribution in [-0.4, -0.2) is 18.0 Å². The molecule has 0 aliphatic rings. The van der Waals surface area contributed by atoms with Crippen LogP contribution >= 0.6 is 0 Å². The Labute approximate surface area is 331 Å². The van der Waals surface area contributed by atoms with E-state index in [0.717, 1.165) is 22.5 Å². The van der Waals surface area contributed by atoms with Crippen LogP contribution in [0.4, 0.5) is 0 Å². The summed E-state index contributed by atoms with van der Waals surface area (Å²) in [6, 6.07) is 51.5. The highest BCUT2D eigenvalue weighted by molar-refractivity contribution is 6.88. The minimum atomic E-state index is -1.70. The van der Waals surface area contributed by atoms with E-state index in [0.29, 0.717) is 0 Å². The summed E-state index contributed by atoms with van der Waals surface area (Å²) in [6.45, 7) is 20.8. The first kappa shape index (κ1) is 39.3. The number of hydrogen-bond donors (Lipinski definition) is 0. The quantitative estimate of drug-likeness (QED) is 0.152. The molecule has 2 heterocycles. The Morgan fingerprint density at radius 1 is 0.382 bits per heavy atom. The Balaban J connectivity index is 0.00000514. The van der Waals surface area contributed by atoms with Crippen LogP contribution in [0.25, 0.3) is 67.0 Å². The third-order valence-electron chi connectivity index (χ3n) is 10.5. The Hall–Kier alpha value is -5.38. The van der Waals surface area contributed by atoms with Gasteiger partial charge in [-0.1, -0.05) is 183 Å². The number of pyridine rings is 2. The van der Waals surface area contributed by atoms with E-state index in [1.807, 2.05) is 12.4 Å². The zero-order valence-electron chi connectivity index (χ0n) is 33.3. The van der Waals surface area contributed by atoms with E-state index in [1.165, 1.54) is 60.8 Å². The van der Waals surface area contributed by atoms with Gasteiger partial charge in [0.2, 0.25) is 0 Å². The SMILES string of the molecule is C.CC(C)(C)c1ccnc(-c2ccc(-c3ccccc3-c3cc(-c4ccccc4-c4ccc(-c5cc(C(C)(C)C)ccn5)cc4)cc([Si](C)(C)C)c3)cc2)c1. The largest absolute Gasteiger partial charge is 0.256 e. The van der Waals surface area contributed by atoms with Gasteiger partial charge in [-0.3, -0.25) is 9.97 Å². The fourth-order valence-electron chi connectivity index (χ4n) is 7.10. The molecule has 0 spiro atoms. The van der Waals surface area contributed by atoms with Crippen molar-refractivity contribution < 1.29 is 0 Å². The average molecular weight is 737 g/mol. The molecule has 0 saturated heterocycles. The van der Waals surface area contributed by atoms with Crippen molar-refractivity contribution in [3.05, 3.63) is 163 Å². The predicted octanol–water partition coefficient (Wildman–Crippen LogP) is 14.3. The second-order valence-electron chi connectivity index (χ2n) is 17.7. The maximum absolute atomic E-state index is 4.72. The van der Waals surface area contributed by atoms with Crippen molar-refractivity contribution in [1.82, 2.24) is 9.97 Å². The van der Waals surface area contributed by atoms with E-state index in [4.69, 9.17) is 9.97 Å². The first-order valence-corrected chi connectivity index (χ1v) is 22.6. The lowest BCUT2D eigenvalue weighted by atomic mass is 9.86. The summed E-state index contributed by atoms with van der Waals surface area (Å²) < 4.78 is 0. The number of hydrogen-bond acceptors (Lipinski definition) is 2. The van der Waals surface area contributed by atoms with Crippen LogP contribution in [0, 0.1) is 0 Å². The van der Waals surface area contributed by atoms with Crippen LogP contribution in [0.15, 0.2) is 152 Å². The van der Waals surface area contributed by atoms with Gasteiger partial charge < -0.3 is 0 Å². The highest BCUT2D eigenvalue weighted by Crippen LogP contribution is 2.38. The fourth-order valence-corrected chi connectivity index (χ4v) is 8.27. The van der Waals surface area contributed by atoms with Gasteiger partial charge in [-0.15, -0.1) is 0 Å². The summed E-state index contributed by atoms with van der Waals surface area (Å²) in [5, 5.41) is 1.44. The molecule has 3 heteroatoms. The highest BCUT2D eigenvalue weighted by Gasteiger charge is 2.21. The van der Waals surface area contributed by atoms with E-state index in [2.05, 4.69) is 201 Å². The summed E-state index contributed by atoms with van der Waals surface area (Å²) >= 11 is 0. The molecule has 0 aliphatic heterocycles. The van der Waals surface area contributed by atoms with Crippen molar-refractivity contribution in [1.29, 1.82) is 0 Å². The minimum Gasteiger partial charge on any atom is -0.256 e. The molecule has 7 aromatic rings. The van der Waals surface area contributed by atoms with E-state index in [9.17, 15) is 0 Å². The third-order valence-corrected chi connectivity index (χ3v) is 12.5. The molecule has 0 atom stereocenters. The summed E-state index contributed by atoms with van der Waals surface area (Å²) in [7, 11) is -1.70. The van der Waals surface area contributed by atoms with Crippen LogP contribution in [-0.2, 0) is 10.8 Å². The van der Waals surface area contributed by atoms with Crippen molar-refractivity contribution in [2.45, 2.75) is 79.4 Å². The number of rotatable bonds is 7. The lowest BCUT2D eigenvalue weighted by molar-refractivity contribution is 0.589. The number of aromatic nitrogens is 2. The van der Waals surface area contributed by atoms with Gasteiger partial charge in [0.15, 0.2) is 0 Å². The molecule has 5 aromatic carbocycles. The standard InChI is InChI=1S/C51H52N2Si.CH4/c1-50(2,3)41-26-28-52-48(33-41)37-22-18-35(19-23-37)44-14-10-12-16-46(44)39-30-40(32-43(31-39)54(7,8)9)47-17-13-11-15-45(47)36-20-24-38(25-21-36)49-34-42(27-29-53-49)51(4,5)6;/h10-34H,1-9H3;1H4. The highest BCUT2D eigenvalue weighted by atomic mass is 28.3. The van der Waals surface area contributed by atoms with Crippen LogP contribution in [0.1, 0.15) is 60.1 Å². The molecule has 7 rings (SSSR count). The Morgan fingerprint density at radius 2 is 0.709 bits per heavy atom. The first-order valence-electron chi connectivity index (χ1n) is 19.1. The second kappa shape index (κ2) is 15.4. The van der Waals surface area contributed by atoms with E-state index >= 15 is 0 Å². The van der Waals surface area contributed by atoms with Gasteiger partial charge in [0.05, 0.1) is 19.5 Å². The normalized spacial score (nSPS) is 11.9. The predicted molar refractivity (Wildman–Crippen MR) is 242 cm³/mol. The number of benzene rings is 5. The topological polar surface area (TPSA) is 25.8 Å². The van der Waals surface area contributed by atoms with Gasteiger partial charge >= 0.3 is 0 Å². The van der Waals surface area contributed by atoms with Crippen molar-refractivity contribution in [3.63, 3.8) is 0 Å². The molecule has 0 amide bonds. The Morgan fingerprint density at radius 3 is 1.04 bits per heavy atom. The maximum Gasteiger partial charge on any atom is 0.0776 e. The summed E-state index contributed by atoms with van der Waals surface area (Å²) in [5.41, 5.74) is 16.8. The van der Waals surface area contributed by atoms with E-state index in [1.54, 1.807) is 0 Å². The average Bonchev–Trinajstić information content (AvgIpc) is 3.17. The zero-order chi connectivity index (χ0) is 38.3. The minimum absolute atomic E-state index is 0. The molecule has 2 aromatic heterocycles. The van der Waals surface area contributed by atoms with Crippen molar-refractivity contribution >= 4 is 13.3 Å². The summed E-state index contributed by atoms with van der Waals surface area (Å²) in [4.78, 5) is 9.44.